The number of nitrogens with zero attached hydrogens (tertiary/aromatic N) is 3. The highest BCUT2D eigenvalue weighted by Gasteiger charge is 2.41. The minimum absolute atomic E-state index is 0.316. The maximum atomic E-state index is 13.8. The number of anilines is 1. The van der Waals surface area contributed by atoms with Crippen molar-refractivity contribution in [1.82, 2.24) is 10.3 Å². The summed E-state index contributed by atoms with van der Waals surface area (Å²) in [6.07, 6.45) is 3.11. The molecule has 1 aromatic heterocycles. The molecule has 1 N–H and O–H groups in total. The Morgan fingerprint density at radius 2 is 1.73 bits per heavy atom. The normalized spacial score (nSPS) is 15.3. The van der Waals surface area contributed by atoms with E-state index in [9.17, 15) is 9.59 Å². The summed E-state index contributed by atoms with van der Waals surface area (Å²) >= 11 is 0. The molecule has 2 amide bonds. The predicted octanol–water partition coefficient (Wildman–Crippen LogP) is 4.15. The van der Waals surface area contributed by atoms with Crippen LogP contribution in [-0.2, 0) is 4.79 Å². The summed E-state index contributed by atoms with van der Waals surface area (Å²) in [5.41, 5.74) is 2.27. The van der Waals surface area contributed by atoms with Crippen molar-refractivity contribution in [2.45, 2.75) is 32.4 Å². The largest absolute Gasteiger partial charge is 0.497 e. The van der Waals surface area contributed by atoms with Gasteiger partial charge in [0.1, 0.15) is 5.75 Å². The van der Waals surface area contributed by atoms with E-state index in [1.165, 1.54) is 11.1 Å². The lowest BCUT2D eigenvalue weighted by atomic mass is 9.95. The zero-order chi connectivity index (χ0) is 23.6. The number of rotatable bonds is 4. The summed E-state index contributed by atoms with van der Waals surface area (Å²) < 4.78 is 5.28. The van der Waals surface area contributed by atoms with Crippen molar-refractivity contribution in [1.29, 1.82) is 0 Å². The minimum Gasteiger partial charge on any atom is -0.497 e. The lowest BCUT2D eigenvalue weighted by Gasteiger charge is -2.37. The summed E-state index contributed by atoms with van der Waals surface area (Å²) in [5, 5.41) is 3.02. The second kappa shape index (κ2) is 8.86. The van der Waals surface area contributed by atoms with Gasteiger partial charge in [-0.2, -0.15) is 0 Å². The van der Waals surface area contributed by atoms with Crippen LogP contribution in [0, 0.1) is 0 Å². The summed E-state index contributed by atoms with van der Waals surface area (Å²) in [5.74, 6) is 0.0453. The number of nitrogens with one attached hydrogen (secondary N) is 1. The third-order valence-electron chi connectivity index (χ3n) is 5.16. The molecule has 0 saturated heterocycles. The first-order chi connectivity index (χ1) is 15.8. The highest BCUT2D eigenvalue weighted by atomic mass is 16.5. The van der Waals surface area contributed by atoms with Crippen molar-refractivity contribution in [2.75, 3.05) is 12.0 Å². The van der Waals surface area contributed by atoms with Gasteiger partial charge in [0.2, 0.25) is 5.91 Å². The Labute approximate surface area is 193 Å². The Kier molecular flexibility index (Phi) is 5.96. The highest BCUT2D eigenvalue weighted by molar-refractivity contribution is 6.27. The molecule has 7 nitrogen and oxygen atoms in total. The van der Waals surface area contributed by atoms with Crippen molar-refractivity contribution < 1.29 is 14.3 Å². The molecule has 0 spiro atoms. The topological polar surface area (TPSA) is 83.9 Å². The van der Waals surface area contributed by atoms with Crippen LogP contribution in [0.2, 0.25) is 0 Å². The molecule has 3 aromatic rings. The number of aliphatic imine (C=N–C) groups is 1. The third kappa shape index (κ3) is 4.62. The average Bonchev–Trinajstić information content (AvgIpc) is 2.82. The number of hydrogen-bond acceptors (Lipinski definition) is 5. The Balaban J connectivity index is 1.91. The molecule has 33 heavy (non-hydrogen) atoms. The molecule has 1 aliphatic rings. The fourth-order valence-corrected chi connectivity index (χ4v) is 3.73. The number of pyridine rings is 1. The standard InChI is InChI=1S/C26H26N4O3/c1-26(2,3)29-24(31)23-22(17-11-13-19(33-4)14-12-17)28-20-9-5-6-10-21(20)30(23)25(32)18-8-7-15-27-16-18/h5-16,23H,1-4H3,(H,29,31). The first kappa shape index (κ1) is 22.2. The van der Waals surface area contributed by atoms with E-state index < -0.39 is 11.6 Å². The number of hydrogen-bond donors (Lipinski definition) is 1. The van der Waals surface area contributed by atoms with E-state index in [1.54, 1.807) is 31.5 Å². The molecule has 0 saturated carbocycles. The number of carbonyl (C=O) groups is 2. The van der Waals surface area contributed by atoms with Crippen LogP contribution < -0.4 is 15.0 Å². The van der Waals surface area contributed by atoms with Crippen molar-refractivity contribution >= 4 is 28.9 Å². The number of amides is 2. The van der Waals surface area contributed by atoms with Gasteiger partial charge in [-0.3, -0.25) is 19.5 Å². The van der Waals surface area contributed by atoms with E-state index in [0.717, 1.165) is 5.56 Å². The van der Waals surface area contributed by atoms with E-state index in [-0.39, 0.29) is 11.8 Å². The SMILES string of the molecule is COc1ccc(C2=Nc3ccccc3N(C(=O)c3cccnc3)C2C(=O)NC(C)(C)C)cc1. The Morgan fingerprint density at radius 3 is 2.36 bits per heavy atom. The van der Waals surface area contributed by atoms with Gasteiger partial charge in [-0.25, -0.2) is 4.99 Å². The number of benzene rings is 2. The van der Waals surface area contributed by atoms with Crippen LogP contribution in [0.25, 0.3) is 0 Å². The highest BCUT2D eigenvalue weighted by Crippen LogP contribution is 2.37. The van der Waals surface area contributed by atoms with Gasteiger partial charge in [0.15, 0.2) is 6.04 Å². The molecule has 0 radical (unpaired) electrons. The molecule has 1 unspecified atom stereocenters. The fraction of sp³-hybridized carbons (Fsp3) is 0.231. The molecule has 0 fully saturated rings. The van der Waals surface area contributed by atoms with Gasteiger partial charge in [-0.05, 0) is 74.9 Å². The summed E-state index contributed by atoms with van der Waals surface area (Å²) in [6.45, 7) is 5.71. The molecule has 2 aromatic carbocycles. The molecule has 2 heterocycles. The van der Waals surface area contributed by atoms with Crippen molar-refractivity contribution in [3.8, 4) is 5.75 Å². The second-order valence-corrected chi connectivity index (χ2v) is 8.77. The number of ether oxygens (including phenoxy) is 1. The molecule has 1 atom stereocenters. The smallest absolute Gasteiger partial charge is 0.260 e. The van der Waals surface area contributed by atoms with Crippen LogP contribution in [0.5, 0.6) is 5.75 Å². The van der Waals surface area contributed by atoms with Crippen molar-refractivity contribution in [2.24, 2.45) is 4.99 Å². The third-order valence-corrected chi connectivity index (χ3v) is 5.16. The number of aromatic nitrogens is 1. The maximum absolute atomic E-state index is 13.8. The van der Waals surface area contributed by atoms with Gasteiger partial charge in [0, 0.05) is 17.9 Å². The molecule has 7 heteroatoms. The first-order valence-corrected chi connectivity index (χ1v) is 10.7. The zero-order valence-electron chi connectivity index (χ0n) is 19.1. The van der Waals surface area contributed by atoms with Crippen LogP contribution in [0.3, 0.4) is 0 Å². The van der Waals surface area contributed by atoms with E-state index in [2.05, 4.69) is 10.3 Å². The van der Waals surface area contributed by atoms with E-state index in [1.807, 2.05) is 63.2 Å². The lowest BCUT2D eigenvalue weighted by Crippen LogP contribution is -2.58. The molecule has 0 aliphatic carbocycles. The second-order valence-electron chi connectivity index (χ2n) is 8.77. The van der Waals surface area contributed by atoms with Crippen LogP contribution in [0.1, 0.15) is 36.7 Å². The van der Waals surface area contributed by atoms with Crippen LogP contribution >= 0.6 is 0 Å². The molecule has 168 valence electrons. The molecule has 1 aliphatic heterocycles. The van der Waals surface area contributed by atoms with Crippen molar-refractivity contribution in [3.05, 3.63) is 84.2 Å². The average molecular weight is 443 g/mol. The molecular weight excluding hydrogens is 416 g/mol. The monoisotopic (exact) mass is 442 g/mol. The molecule has 0 bridgehead atoms. The van der Waals surface area contributed by atoms with Crippen LogP contribution in [0.15, 0.2) is 78.0 Å². The van der Waals surface area contributed by atoms with Gasteiger partial charge >= 0.3 is 0 Å². The van der Waals surface area contributed by atoms with E-state index in [0.29, 0.717) is 28.4 Å². The van der Waals surface area contributed by atoms with Crippen LogP contribution in [-0.4, -0.2) is 41.2 Å². The summed E-state index contributed by atoms with van der Waals surface area (Å²) in [4.78, 5) is 37.8. The predicted molar refractivity (Wildman–Crippen MR) is 128 cm³/mol. The molecule has 4 rings (SSSR count). The Bertz CT molecular complexity index is 1200. The number of para-hydroxylation sites is 2. The molecular formula is C26H26N4O3. The summed E-state index contributed by atoms with van der Waals surface area (Å²) in [7, 11) is 1.59. The van der Waals surface area contributed by atoms with Crippen molar-refractivity contribution in [3.63, 3.8) is 0 Å². The number of fused-ring (bicyclic) bond motifs is 1. The van der Waals surface area contributed by atoms with Gasteiger partial charge in [0.25, 0.3) is 5.91 Å². The number of methoxy groups -OCH3 is 1. The Hall–Kier alpha value is -4.00. The number of carbonyl (C=O) groups excluding carboxylic acids is 2. The van der Waals surface area contributed by atoms with E-state index >= 15 is 0 Å². The van der Waals surface area contributed by atoms with Gasteiger partial charge < -0.3 is 10.1 Å². The Morgan fingerprint density at radius 1 is 1.00 bits per heavy atom. The van der Waals surface area contributed by atoms with Gasteiger partial charge in [0.05, 0.1) is 29.8 Å². The summed E-state index contributed by atoms with van der Waals surface area (Å²) in [6, 6.07) is 17.0. The maximum Gasteiger partial charge on any atom is 0.260 e. The fourth-order valence-electron chi connectivity index (χ4n) is 3.73. The first-order valence-electron chi connectivity index (χ1n) is 10.7. The lowest BCUT2D eigenvalue weighted by molar-refractivity contribution is -0.122. The minimum atomic E-state index is -0.972. The van der Waals surface area contributed by atoms with E-state index in [4.69, 9.17) is 9.73 Å². The van der Waals surface area contributed by atoms with Gasteiger partial charge in [-0.1, -0.05) is 12.1 Å². The zero-order valence-corrected chi connectivity index (χ0v) is 19.1. The van der Waals surface area contributed by atoms with Crippen LogP contribution in [0.4, 0.5) is 11.4 Å². The quantitative estimate of drug-likeness (QED) is 0.658. The van der Waals surface area contributed by atoms with Gasteiger partial charge in [-0.15, -0.1) is 0 Å².